The zero-order valence-electron chi connectivity index (χ0n) is 8.94. The molecule has 0 aliphatic heterocycles. The van der Waals surface area contributed by atoms with Gasteiger partial charge in [-0.15, -0.1) is 15.0 Å². The Labute approximate surface area is 113 Å². The third-order valence-electron chi connectivity index (χ3n) is 2.38. The maximum atomic E-state index is 5.09. The van der Waals surface area contributed by atoms with Crippen molar-refractivity contribution in [2.45, 2.75) is 20.0 Å². The van der Waals surface area contributed by atoms with Crippen molar-refractivity contribution in [2.75, 3.05) is 0 Å². The van der Waals surface area contributed by atoms with Gasteiger partial charge in [0.15, 0.2) is 0 Å². The van der Waals surface area contributed by atoms with Crippen LogP contribution in [0.4, 0.5) is 0 Å². The van der Waals surface area contributed by atoms with Gasteiger partial charge in [-0.2, -0.15) is 0 Å². The predicted molar refractivity (Wildman–Crippen MR) is 75.0 cm³/mol. The molecule has 2 rings (SSSR count). The molecule has 1 aliphatic carbocycles. The van der Waals surface area contributed by atoms with E-state index in [1.807, 2.05) is 28.2 Å². The fourth-order valence-corrected chi connectivity index (χ4v) is 2.62. The summed E-state index contributed by atoms with van der Waals surface area (Å²) in [5.74, 6) is 0.611. The highest BCUT2D eigenvalue weighted by Crippen LogP contribution is 2.29. The van der Waals surface area contributed by atoms with Crippen molar-refractivity contribution in [3.8, 4) is 0 Å². The molecule has 0 fully saturated rings. The van der Waals surface area contributed by atoms with E-state index in [4.69, 9.17) is 4.84 Å². The Morgan fingerprint density at radius 1 is 1.69 bits per heavy atom. The van der Waals surface area contributed by atoms with E-state index >= 15 is 0 Å². The number of nitrogens with one attached hydrogen (secondary N) is 1. The molecular weight excluding hydrogens is 335 g/mol. The summed E-state index contributed by atoms with van der Waals surface area (Å²) in [7, 11) is 0. The fourth-order valence-electron chi connectivity index (χ4n) is 1.62. The van der Waals surface area contributed by atoms with Gasteiger partial charge >= 0.3 is 0 Å². The van der Waals surface area contributed by atoms with Crippen LogP contribution < -0.4 is 3.69 Å². The van der Waals surface area contributed by atoms with Crippen LogP contribution in [0, 0.1) is 5.92 Å². The number of rotatable bonds is 4. The molecule has 3 nitrogen and oxygen atoms in total. The molecule has 0 unspecified atom stereocenters. The SMILES string of the molecule is C[C@H]1C=CC=C(c2nc(CONI)cs2)C1. The first-order valence-corrected chi connectivity index (χ1v) is 7.05. The van der Waals surface area contributed by atoms with E-state index in [-0.39, 0.29) is 0 Å². The third-order valence-corrected chi connectivity index (χ3v) is 3.66. The van der Waals surface area contributed by atoms with Crippen LogP contribution in [0.5, 0.6) is 0 Å². The van der Waals surface area contributed by atoms with E-state index in [9.17, 15) is 0 Å². The Hall–Kier alpha value is -0.240. The van der Waals surface area contributed by atoms with Gasteiger partial charge < -0.3 is 0 Å². The minimum atomic E-state index is 0.512. The molecule has 0 radical (unpaired) electrons. The smallest absolute Gasteiger partial charge is 0.119 e. The van der Waals surface area contributed by atoms with E-state index < -0.39 is 0 Å². The number of nitrogens with zero attached hydrogens (tertiary/aromatic N) is 1. The highest BCUT2D eigenvalue weighted by molar-refractivity contribution is 14.1. The van der Waals surface area contributed by atoms with E-state index in [0.29, 0.717) is 12.5 Å². The molecule has 0 saturated carbocycles. The van der Waals surface area contributed by atoms with Crippen molar-refractivity contribution in [3.05, 3.63) is 34.3 Å². The van der Waals surface area contributed by atoms with Gasteiger partial charge in [0.25, 0.3) is 0 Å². The summed E-state index contributed by atoms with van der Waals surface area (Å²) < 4.78 is 2.62. The molecule has 1 N–H and O–H groups in total. The molecule has 86 valence electrons. The normalized spacial score (nSPS) is 19.9. The standard InChI is InChI=1S/C11H13IN2OS/c1-8-3-2-4-9(5-8)11-13-10(7-16-11)6-15-14-12/h2-4,7-8,14H,5-6H2,1H3/t8-/m0/s1. The van der Waals surface area contributed by atoms with Gasteiger partial charge in [0.2, 0.25) is 0 Å². The molecule has 16 heavy (non-hydrogen) atoms. The molecular formula is C11H13IN2OS. The second kappa shape index (κ2) is 5.90. The summed E-state index contributed by atoms with van der Waals surface area (Å²) in [4.78, 5) is 9.64. The lowest BCUT2D eigenvalue weighted by atomic mass is 9.96. The van der Waals surface area contributed by atoms with Gasteiger partial charge in [0.05, 0.1) is 5.69 Å². The largest absolute Gasteiger partial charge is 0.286 e. The van der Waals surface area contributed by atoms with Crippen molar-refractivity contribution in [3.63, 3.8) is 0 Å². The lowest BCUT2D eigenvalue weighted by Crippen LogP contribution is -2.01. The number of thiazole rings is 1. The summed E-state index contributed by atoms with van der Waals surface area (Å²) in [6.45, 7) is 2.74. The third kappa shape index (κ3) is 3.13. The fraction of sp³-hybridized carbons (Fsp3) is 0.364. The van der Waals surface area contributed by atoms with Gasteiger partial charge in [0, 0.05) is 28.2 Å². The summed E-state index contributed by atoms with van der Waals surface area (Å²) in [5, 5.41) is 3.16. The van der Waals surface area contributed by atoms with Crippen molar-refractivity contribution in [1.29, 1.82) is 0 Å². The second-order valence-corrected chi connectivity index (χ2v) is 5.07. The topological polar surface area (TPSA) is 34.1 Å². The molecule has 1 atom stereocenters. The first-order chi connectivity index (χ1) is 7.79. The molecule has 5 heteroatoms. The first kappa shape index (κ1) is 12.2. The van der Waals surface area contributed by atoms with Gasteiger partial charge in [-0.05, 0) is 17.9 Å². The average Bonchev–Trinajstić information content (AvgIpc) is 2.75. The van der Waals surface area contributed by atoms with E-state index in [1.165, 1.54) is 5.57 Å². The van der Waals surface area contributed by atoms with Gasteiger partial charge in [-0.1, -0.05) is 25.2 Å². The van der Waals surface area contributed by atoms with Gasteiger partial charge in [-0.3, -0.25) is 4.84 Å². The molecule has 1 heterocycles. The van der Waals surface area contributed by atoms with Crippen LogP contribution in [0.3, 0.4) is 0 Å². The number of hydrogen-bond acceptors (Lipinski definition) is 4. The van der Waals surface area contributed by atoms with Crippen LogP contribution >= 0.6 is 34.2 Å². The number of halogens is 1. The lowest BCUT2D eigenvalue weighted by Gasteiger charge is -2.11. The molecule has 1 aliphatic rings. The summed E-state index contributed by atoms with van der Waals surface area (Å²) in [6, 6.07) is 0. The molecule has 0 aromatic carbocycles. The maximum absolute atomic E-state index is 5.09. The van der Waals surface area contributed by atoms with Crippen molar-refractivity contribution >= 4 is 39.8 Å². The predicted octanol–water partition coefficient (Wildman–Crippen LogP) is 3.49. The Morgan fingerprint density at radius 2 is 2.56 bits per heavy atom. The molecule has 0 bridgehead atoms. The minimum absolute atomic E-state index is 0.512. The zero-order valence-corrected chi connectivity index (χ0v) is 11.9. The van der Waals surface area contributed by atoms with Gasteiger partial charge in [-0.25, -0.2) is 4.98 Å². The van der Waals surface area contributed by atoms with Crippen LogP contribution in [0.1, 0.15) is 24.0 Å². The zero-order chi connectivity index (χ0) is 11.4. The first-order valence-electron chi connectivity index (χ1n) is 5.09. The van der Waals surface area contributed by atoms with E-state index in [2.05, 4.69) is 33.8 Å². The molecule has 0 amide bonds. The van der Waals surface area contributed by atoms with Crippen molar-refractivity contribution in [2.24, 2.45) is 5.92 Å². The quantitative estimate of drug-likeness (QED) is 0.514. The van der Waals surface area contributed by atoms with E-state index in [0.717, 1.165) is 17.1 Å². The number of hydrogen-bond donors (Lipinski definition) is 1. The van der Waals surface area contributed by atoms with E-state index in [1.54, 1.807) is 11.3 Å². The Bertz CT molecular complexity index is 414. The summed E-state index contributed by atoms with van der Waals surface area (Å²) >= 11 is 3.63. The van der Waals surface area contributed by atoms with Crippen LogP contribution in [-0.2, 0) is 11.4 Å². The monoisotopic (exact) mass is 348 g/mol. The second-order valence-electron chi connectivity index (χ2n) is 3.77. The lowest BCUT2D eigenvalue weighted by molar-refractivity contribution is 0.0968. The highest BCUT2D eigenvalue weighted by atomic mass is 127. The van der Waals surface area contributed by atoms with Crippen LogP contribution in [0.25, 0.3) is 5.57 Å². The Morgan fingerprint density at radius 3 is 3.31 bits per heavy atom. The molecule has 0 saturated heterocycles. The molecule has 1 aromatic rings. The summed E-state index contributed by atoms with van der Waals surface area (Å²) in [6.07, 6.45) is 7.57. The summed E-state index contributed by atoms with van der Waals surface area (Å²) in [5.41, 5.74) is 2.31. The molecule has 1 aromatic heterocycles. The minimum Gasteiger partial charge on any atom is -0.286 e. The van der Waals surface area contributed by atoms with Crippen LogP contribution in [0.2, 0.25) is 0 Å². The molecule has 0 spiro atoms. The number of allylic oxidation sites excluding steroid dienone is 4. The maximum Gasteiger partial charge on any atom is 0.119 e. The van der Waals surface area contributed by atoms with Crippen molar-refractivity contribution < 1.29 is 4.84 Å². The van der Waals surface area contributed by atoms with Crippen molar-refractivity contribution in [1.82, 2.24) is 8.68 Å². The Kier molecular flexibility index (Phi) is 4.51. The highest BCUT2D eigenvalue weighted by Gasteiger charge is 2.12. The van der Waals surface area contributed by atoms with Gasteiger partial charge in [0.1, 0.15) is 11.6 Å². The van der Waals surface area contributed by atoms with Crippen LogP contribution in [-0.4, -0.2) is 4.98 Å². The average molecular weight is 348 g/mol. The number of aromatic nitrogens is 1. The Balaban J connectivity index is 2.07. The van der Waals surface area contributed by atoms with Crippen LogP contribution in [0.15, 0.2) is 23.6 Å².